The van der Waals surface area contributed by atoms with Crippen LogP contribution in [-0.2, 0) is 9.53 Å². The summed E-state index contributed by atoms with van der Waals surface area (Å²) in [6.45, 7) is 15.8. The first-order valence-electron chi connectivity index (χ1n) is 11.8. The van der Waals surface area contributed by atoms with E-state index in [0.717, 1.165) is 37.5 Å². The fraction of sp³-hybridized carbons (Fsp3) is 0.960. The maximum atomic E-state index is 13.8. The van der Waals surface area contributed by atoms with Crippen molar-refractivity contribution in [2.24, 2.45) is 40.4 Å². The van der Waals surface area contributed by atoms with Gasteiger partial charge < -0.3 is 4.74 Å². The lowest BCUT2D eigenvalue weighted by atomic mass is 9.49. The molecular weight excluding hydrogens is 332 g/mol. The summed E-state index contributed by atoms with van der Waals surface area (Å²) in [4.78, 5) is 13.8. The Bertz CT molecular complexity index is 521. The third kappa shape index (κ3) is 3.60. The van der Waals surface area contributed by atoms with E-state index >= 15 is 0 Å². The van der Waals surface area contributed by atoms with Crippen LogP contribution < -0.4 is 0 Å². The van der Waals surface area contributed by atoms with Crippen LogP contribution in [0.4, 0.5) is 0 Å². The van der Waals surface area contributed by atoms with Gasteiger partial charge in [0.1, 0.15) is 5.60 Å². The molecule has 4 aliphatic rings. The standard InChI is InChI=1S/C25H44O2/c1-8-17(4)24(7,16-23(5,6)9-2)22(26)27-25(10-3)20-12-18-11-19(14-20)15-21(25)13-18/h17-21H,8-16H2,1-7H3. The minimum atomic E-state index is -0.384. The van der Waals surface area contributed by atoms with Crippen LogP contribution in [0.25, 0.3) is 0 Å². The van der Waals surface area contributed by atoms with E-state index in [-0.39, 0.29) is 22.4 Å². The van der Waals surface area contributed by atoms with Crippen molar-refractivity contribution in [3.8, 4) is 0 Å². The van der Waals surface area contributed by atoms with Crippen molar-refractivity contribution in [2.45, 2.75) is 112 Å². The fourth-order valence-corrected chi connectivity index (χ4v) is 7.10. The molecular formula is C25H44O2. The van der Waals surface area contributed by atoms with Crippen molar-refractivity contribution in [1.29, 1.82) is 0 Å². The van der Waals surface area contributed by atoms with Crippen molar-refractivity contribution in [1.82, 2.24) is 0 Å². The van der Waals surface area contributed by atoms with E-state index in [2.05, 4.69) is 48.5 Å². The van der Waals surface area contributed by atoms with Crippen LogP contribution in [0, 0.1) is 40.4 Å². The molecule has 4 rings (SSSR count). The second-order valence-electron chi connectivity index (χ2n) is 11.4. The Morgan fingerprint density at radius 2 is 1.52 bits per heavy atom. The van der Waals surface area contributed by atoms with Crippen molar-refractivity contribution < 1.29 is 9.53 Å². The molecule has 27 heavy (non-hydrogen) atoms. The SMILES string of the molecule is CCC(C)C(C)(CC(C)(C)CC)C(=O)OC1(CC)C2CC3CC(C2)CC1C3. The van der Waals surface area contributed by atoms with Crippen LogP contribution in [0.1, 0.15) is 106 Å². The zero-order chi connectivity index (χ0) is 20.0. The summed E-state index contributed by atoms with van der Waals surface area (Å²) in [6.07, 6.45) is 10.7. The maximum Gasteiger partial charge on any atom is 0.312 e. The number of hydrogen-bond acceptors (Lipinski definition) is 2. The molecule has 0 aliphatic heterocycles. The van der Waals surface area contributed by atoms with E-state index in [0.29, 0.717) is 17.8 Å². The lowest BCUT2D eigenvalue weighted by Crippen LogP contribution is -2.60. The van der Waals surface area contributed by atoms with Crippen molar-refractivity contribution >= 4 is 5.97 Å². The highest BCUT2D eigenvalue weighted by Crippen LogP contribution is 2.61. The summed E-state index contributed by atoms with van der Waals surface area (Å²) in [5.41, 5.74) is -0.388. The second-order valence-corrected chi connectivity index (χ2v) is 11.4. The molecule has 0 saturated heterocycles. The summed E-state index contributed by atoms with van der Waals surface area (Å²) < 4.78 is 6.70. The summed E-state index contributed by atoms with van der Waals surface area (Å²) >= 11 is 0. The van der Waals surface area contributed by atoms with Gasteiger partial charge in [-0.1, -0.05) is 54.4 Å². The first-order valence-corrected chi connectivity index (χ1v) is 11.8. The lowest BCUT2D eigenvalue weighted by Gasteiger charge is -2.60. The predicted molar refractivity (Wildman–Crippen MR) is 112 cm³/mol. The molecule has 4 fully saturated rings. The minimum Gasteiger partial charge on any atom is -0.458 e. The Kier molecular flexibility index (Phi) is 5.79. The zero-order valence-corrected chi connectivity index (χ0v) is 19.1. The van der Waals surface area contributed by atoms with Crippen molar-refractivity contribution in [2.75, 3.05) is 0 Å². The quantitative estimate of drug-likeness (QED) is 0.426. The first-order chi connectivity index (χ1) is 12.6. The number of hydrogen-bond donors (Lipinski definition) is 0. The van der Waals surface area contributed by atoms with Gasteiger partial charge in [-0.3, -0.25) is 4.79 Å². The van der Waals surface area contributed by atoms with Gasteiger partial charge in [-0.15, -0.1) is 0 Å². The van der Waals surface area contributed by atoms with E-state index in [1.54, 1.807) is 0 Å². The average molecular weight is 377 g/mol. The Balaban J connectivity index is 1.86. The van der Waals surface area contributed by atoms with Gasteiger partial charge in [0.25, 0.3) is 0 Å². The fourth-order valence-electron chi connectivity index (χ4n) is 7.10. The highest BCUT2D eigenvalue weighted by atomic mass is 16.6. The van der Waals surface area contributed by atoms with Gasteiger partial charge in [-0.25, -0.2) is 0 Å². The van der Waals surface area contributed by atoms with Crippen molar-refractivity contribution in [3.63, 3.8) is 0 Å². The maximum absolute atomic E-state index is 13.8. The van der Waals surface area contributed by atoms with Gasteiger partial charge in [0.2, 0.25) is 0 Å². The van der Waals surface area contributed by atoms with Crippen LogP contribution in [0.3, 0.4) is 0 Å². The van der Waals surface area contributed by atoms with Gasteiger partial charge in [-0.05, 0) is 86.9 Å². The molecule has 0 spiro atoms. The van der Waals surface area contributed by atoms with Gasteiger partial charge in [0.15, 0.2) is 0 Å². The Morgan fingerprint density at radius 3 is 1.93 bits per heavy atom. The largest absolute Gasteiger partial charge is 0.458 e. The zero-order valence-electron chi connectivity index (χ0n) is 19.1. The van der Waals surface area contributed by atoms with Crippen LogP contribution in [0.2, 0.25) is 0 Å². The van der Waals surface area contributed by atoms with E-state index in [4.69, 9.17) is 4.74 Å². The number of esters is 1. The van der Waals surface area contributed by atoms with Crippen LogP contribution in [0.15, 0.2) is 0 Å². The Hall–Kier alpha value is -0.530. The van der Waals surface area contributed by atoms with Crippen molar-refractivity contribution in [3.05, 3.63) is 0 Å². The number of carbonyl (C=O) groups excluding carboxylic acids is 1. The van der Waals surface area contributed by atoms with Crippen LogP contribution in [0.5, 0.6) is 0 Å². The Morgan fingerprint density at radius 1 is 1.00 bits per heavy atom. The minimum absolute atomic E-state index is 0.104. The van der Waals surface area contributed by atoms with E-state index in [1.165, 1.54) is 32.1 Å². The third-order valence-electron chi connectivity index (χ3n) is 9.32. The molecule has 2 atom stereocenters. The Labute approximate surface area is 168 Å². The van der Waals surface area contributed by atoms with E-state index < -0.39 is 0 Å². The number of carbonyl (C=O) groups is 1. The van der Waals surface area contributed by atoms with Gasteiger partial charge >= 0.3 is 5.97 Å². The van der Waals surface area contributed by atoms with Gasteiger partial charge in [-0.2, -0.15) is 0 Å². The van der Waals surface area contributed by atoms with Gasteiger partial charge in [0, 0.05) is 0 Å². The molecule has 2 nitrogen and oxygen atoms in total. The average Bonchev–Trinajstić information content (AvgIpc) is 2.62. The molecule has 2 heteroatoms. The van der Waals surface area contributed by atoms with Crippen LogP contribution >= 0.6 is 0 Å². The molecule has 156 valence electrons. The summed E-state index contributed by atoms with van der Waals surface area (Å²) in [5, 5.41) is 0. The summed E-state index contributed by atoms with van der Waals surface area (Å²) in [7, 11) is 0. The summed E-state index contributed by atoms with van der Waals surface area (Å²) in [6, 6.07) is 0. The molecule has 0 aromatic heterocycles. The molecule has 2 unspecified atom stereocenters. The second kappa shape index (κ2) is 7.38. The first kappa shape index (κ1) is 21.2. The van der Waals surface area contributed by atoms with E-state index in [1.807, 2.05) is 0 Å². The topological polar surface area (TPSA) is 26.3 Å². The molecule has 4 saturated carbocycles. The molecule has 0 amide bonds. The van der Waals surface area contributed by atoms with E-state index in [9.17, 15) is 4.79 Å². The normalized spacial score (nSPS) is 38.5. The number of ether oxygens (including phenoxy) is 1. The highest BCUT2D eigenvalue weighted by molar-refractivity contribution is 5.77. The smallest absolute Gasteiger partial charge is 0.312 e. The van der Waals surface area contributed by atoms with Gasteiger partial charge in [0.05, 0.1) is 5.41 Å². The lowest BCUT2D eigenvalue weighted by molar-refractivity contribution is -0.222. The molecule has 0 heterocycles. The third-order valence-corrected chi connectivity index (χ3v) is 9.32. The molecule has 0 radical (unpaired) electrons. The van der Waals surface area contributed by atoms with Crippen LogP contribution in [-0.4, -0.2) is 11.6 Å². The molecule has 0 aromatic carbocycles. The molecule has 4 bridgehead atoms. The number of rotatable bonds is 8. The monoisotopic (exact) mass is 376 g/mol. The summed E-state index contributed by atoms with van der Waals surface area (Å²) in [5.74, 6) is 3.50. The molecule has 0 N–H and O–H groups in total. The molecule has 0 aromatic rings. The predicted octanol–water partition coefficient (Wildman–Crippen LogP) is 7.01. The highest BCUT2D eigenvalue weighted by Gasteiger charge is 2.59. The molecule has 4 aliphatic carbocycles.